The molecule has 0 aliphatic heterocycles. The number of nitrogens with zero attached hydrogens (tertiary/aromatic N) is 2. The Hall–Kier alpha value is -0.540. The zero-order chi connectivity index (χ0) is 15.6. The van der Waals surface area contributed by atoms with Crippen molar-refractivity contribution in [3.8, 4) is 0 Å². The Morgan fingerprint density at radius 2 is 2.14 bits per heavy atom. The van der Waals surface area contributed by atoms with Crippen molar-refractivity contribution in [2.45, 2.75) is 72.9 Å². The molecule has 1 fully saturated rings. The van der Waals surface area contributed by atoms with Crippen LogP contribution in [0, 0.1) is 18.3 Å². The van der Waals surface area contributed by atoms with Gasteiger partial charge in [0.2, 0.25) is 0 Å². The molecule has 0 radical (unpaired) electrons. The minimum Gasteiger partial charge on any atom is -0.314 e. The van der Waals surface area contributed by atoms with Gasteiger partial charge in [-0.05, 0) is 44.6 Å². The van der Waals surface area contributed by atoms with Gasteiger partial charge in [0.25, 0.3) is 0 Å². The Bertz CT molecular complexity index is 479. The van der Waals surface area contributed by atoms with Gasteiger partial charge in [0.1, 0.15) is 0 Å². The third kappa shape index (κ3) is 3.45. The van der Waals surface area contributed by atoms with Crippen LogP contribution in [0.1, 0.15) is 58.3 Å². The van der Waals surface area contributed by atoms with Crippen molar-refractivity contribution in [2.75, 3.05) is 6.54 Å². The second kappa shape index (κ2) is 6.70. The van der Waals surface area contributed by atoms with E-state index < -0.39 is 0 Å². The fraction of sp³-hybridized carbons (Fsp3) is 0.824. The van der Waals surface area contributed by atoms with Crippen LogP contribution in [0.5, 0.6) is 0 Å². The van der Waals surface area contributed by atoms with Gasteiger partial charge in [-0.3, -0.25) is 4.68 Å². The molecule has 21 heavy (non-hydrogen) atoms. The normalized spacial score (nSPS) is 22.7. The van der Waals surface area contributed by atoms with Crippen LogP contribution < -0.4 is 5.32 Å². The summed E-state index contributed by atoms with van der Waals surface area (Å²) in [5.41, 5.74) is 2.57. The minimum absolute atomic E-state index is 0.422. The van der Waals surface area contributed by atoms with Gasteiger partial charge < -0.3 is 5.32 Å². The summed E-state index contributed by atoms with van der Waals surface area (Å²) in [6, 6.07) is 0.492. The van der Waals surface area contributed by atoms with E-state index in [1.165, 1.54) is 25.0 Å². The van der Waals surface area contributed by atoms with Gasteiger partial charge in [-0.25, -0.2) is 0 Å². The summed E-state index contributed by atoms with van der Waals surface area (Å²) in [4.78, 5) is 0. The van der Waals surface area contributed by atoms with E-state index in [4.69, 9.17) is 11.6 Å². The van der Waals surface area contributed by atoms with Gasteiger partial charge in [-0.2, -0.15) is 5.10 Å². The molecule has 1 heterocycles. The lowest BCUT2D eigenvalue weighted by Gasteiger charge is -2.35. The Balaban J connectivity index is 2.24. The van der Waals surface area contributed by atoms with Gasteiger partial charge >= 0.3 is 0 Å². The van der Waals surface area contributed by atoms with E-state index in [0.29, 0.717) is 17.4 Å². The summed E-state index contributed by atoms with van der Waals surface area (Å²) in [7, 11) is 0. The molecule has 1 saturated carbocycles. The molecular weight excluding hydrogens is 282 g/mol. The summed E-state index contributed by atoms with van der Waals surface area (Å²) in [5, 5.41) is 9.14. The van der Waals surface area contributed by atoms with Crippen LogP contribution in [-0.2, 0) is 13.0 Å². The molecular formula is C17H30ClN3. The number of rotatable bonds is 6. The fourth-order valence-electron chi connectivity index (χ4n) is 3.99. The summed E-state index contributed by atoms with van der Waals surface area (Å²) in [5.74, 6) is 0.717. The molecule has 1 aliphatic carbocycles. The van der Waals surface area contributed by atoms with E-state index in [9.17, 15) is 0 Å². The van der Waals surface area contributed by atoms with Crippen LogP contribution in [0.2, 0.25) is 5.02 Å². The molecule has 120 valence electrons. The molecule has 0 saturated heterocycles. The van der Waals surface area contributed by atoms with Crippen molar-refractivity contribution in [1.29, 1.82) is 0 Å². The molecule has 2 atom stereocenters. The van der Waals surface area contributed by atoms with E-state index in [1.54, 1.807) is 0 Å². The molecule has 2 unspecified atom stereocenters. The summed E-state index contributed by atoms with van der Waals surface area (Å²) in [6.07, 6.45) is 4.98. The molecule has 1 aromatic heterocycles. The highest BCUT2D eigenvalue weighted by atomic mass is 35.5. The number of likely N-dealkylation sites (N-methyl/N-ethyl adjacent to an activating group) is 1. The standard InChI is InChI=1S/C17H30ClN3/c1-6-19-14(13-9-8-10-17(13,4)5)11-15-16(18)12(3)20-21(15)7-2/h13-14,19H,6-11H2,1-5H3. The van der Waals surface area contributed by atoms with Crippen molar-refractivity contribution in [1.82, 2.24) is 15.1 Å². The molecule has 0 amide bonds. The molecule has 0 aromatic carbocycles. The largest absolute Gasteiger partial charge is 0.314 e. The van der Waals surface area contributed by atoms with Crippen LogP contribution in [0.25, 0.3) is 0 Å². The first-order chi connectivity index (χ1) is 9.90. The monoisotopic (exact) mass is 311 g/mol. The van der Waals surface area contributed by atoms with Crippen LogP contribution in [-0.4, -0.2) is 22.4 Å². The summed E-state index contributed by atoms with van der Waals surface area (Å²) >= 11 is 6.50. The lowest BCUT2D eigenvalue weighted by Crippen LogP contribution is -2.42. The first kappa shape index (κ1) is 16.8. The minimum atomic E-state index is 0.422. The molecule has 1 aromatic rings. The second-order valence-electron chi connectivity index (χ2n) is 7.02. The van der Waals surface area contributed by atoms with E-state index in [1.807, 2.05) is 6.92 Å². The van der Waals surface area contributed by atoms with E-state index in [-0.39, 0.29) is 0 Å². The summed E-state index contributed by atoms with van der Waals surface area (Å²) in [6.45, 7) is 13.1. The van der Waals surface area contributed by atoms with Crippen LogP contribution in [0.15, 0.2) is 0 Å². The maximum absolute atomic E-state index is 6.50. The molecule has 0 bridgehead atoms. The topological polar surface area (TPSA) is 29.9 Å². The van der Waals surface area contributed by atoms with Crippen molar-refractivity contribution in [2.24, 2.45) is 11.3 Å². The van der Waals surface area contributed by atoms with Gasteiger partial charge in [-0.15, -0.1) is 0 Å². The molecule has 3 nitrogen and oxygen atoms in total. The molecule has 1 aliphatic rings. The van der Waals surface area contributed by atoms with Crippen LogP contribution >= 0.6 is 11.6 Å². The maximum atomic E-state index is 6.50. The Morgan fingerprint density at radius 3 is 2.67 bits per heavy atom. The zero-order valence-electron chi connectivity index (χ0n) is 14.2. The first-order valence-corrected chi connectivity index (χ1v) is 8.73. The fourth-order valence-corrected chi connectivity index (χ4v) is 4.20. The Morgan fingerprint density at radius 1 is 1.43 bits per heavy atom. The average molecular weight is 312 g/mol. The predicted molar refractivity (Wildman–Crippen MR) is 89.9 cm³/mol. The lowest BCUT2D eigenvalue weighted by molar-refractivity contribution is 0.195. The van der Waals surface area contributed by atoms with Crippen LogP contribution in [0.3, 0.4) is 0 Å². The zero-order valence-corrected chi connectivity index (χ0v) is 14.9. The highest BCUT2D eigenvalue weighted by Crippen LogP contribution is 2.45. The third-order valence-corrected chi connectivity index (χ3v) is 5.65. The maximum Gasteiger partial charge on any atom is 0.0847 e. The smallest absolute Gasteiger partial charge is 0.0847 e. The average Bonchev–Trinajstić information content (AvgIpc) is 2.91. The molecule has 1 N–H and O–H groups in total. The number of aromatic nitrogens is 2. The van der Waals surface area contributed by atoms with Gasteiger partial charge in [0, 0.05) is 19.0 Å². The Labute approximate surface area is 134 Å². The molecule has 0 spiro atoms. The summed E-state index contributed by atoms with van der Waals surface area (Å²) < 4.78 is 2.07. The van der Waals surface area contributed by atoms with Gasteiger partial charge in [0.05, 0.1) is 16.4 Å². The second-order valence-corrected chi connectivity index (χ2v) is 7.40. The van der Waals surface area contributed by atoms with E-state index in [2.05, 4.69) is 42.8 Å². The van der Waals surface area contributed by atoms with Crippen LogP contribution in [0.4, 0.5) is 0 Å². The van der Waals surface area contributed by atoms with Crippen molar-refractivity contribution < 1.29 is 0 Å². The van der Waals surface area contributed by atoms with Crippen molar-refractivity contribution in [3.63, 3.8) is 0 Å². The predicted octanol–water partition coefficient (Wildman–Crippen LogP) is 4.21. The van der Waals surface area contributed by atoms with Crippen molar-refractivity contribution >= 4 is 11.6 Å². The highest BCUT2D eigenvalue weighted by Gasteiger charge is 2.39. The molecule has 2 rings (SSSR count). The van der Waals surface area contributed by atoms with Gasteiger partial charge in [-0.1, -0.05) is 38.8 Å². The van der Waals surface area contributed by atoms with Crippen molar-refractivity contribution in [3.05, 3.63) is 16.4 Å². The number of hydrogen-bond donors (Lipinski definition) is 1. The number of aryl methyl sites for hydroxylation is 2. The third-order valence-electron chi connectivity index (χ3n) is 5.16. The Kier molecular flexibility index (Phi) is 5.37. The quantitative estimate of drug-likeness (QED) is 0.853. The van der Waals surface area contributed by atoms with E-state index >= 15 is 0 Å². The number of hydrogen-bond acceptors (Lipinski definition) is 2. The lowest BCUT2D eigenvalue weighted by atomic mass is 9.76. The SMILES string of the molecule is CCNC(Cc1c(Cl)c(C)nn1CC)C1CCCC1(C)C. The molecule has 4 heteroatoms. The van der Waals surface area contributed by atoms with Gasteiger partial charge in [0.15, 0.2) is 0 Å². The van der Waals surface area contributed by atoms with E-state index in [0.717, 1.165) is 30.2 Å². The first-order valence-electron chi connectivity index (χ1n) is 8.35. The highest BCUT2D eigenvalue weighted by molar-refractivity contribution is 6.31. The number of nitrogens with one attached hydrogen (secondary N) is 1. The number of halogens is 1.